The molecule has 1 atom stereocenters. The van der Waals surface area contributed by atoms with E-state index in [0.717, 1.165) is 28.2 Å². The van der Waals surface area contributed by atoms with Crippen LogP contribution in [-0.4, -0.2) is 37.9 Å². The molecule has 3 aromatic carbocycles. The first-order valence-electron chi connectivity index (χ1n) is 10.4. The topological polar surface area (TPSA) is 91.0 Å². The van der Waals surface area contributed by atoms with E-state index in [9.17, 15) is 9.90 Å². The first kappa shape index (κ1) is 23.3. The van der Waals surface area contributed by atoms with E-state index >= 15 is 0 Å². The van der Waals surface area contributed by atoms with Crippen LogP contribution in [0.25, 0.3) is 0 Å². The molecule has 0 saturated heterocycles. The van der Waals surface area contributed by atoms with Crippen molar-refractivity contribution in [3.63, 3.8) is 0 Å². The monoisotopic (exact) mass is 435 g/mol. The zero-order valence-corrected chi connectivity index (χ0v) is 18.4. The summed E-state index contributed by atoms with van der Waals surface area (Å²) < 4.78 is 17.3. The van der Waals surface area contributed by atoms with Crippen molar-refractivity contribution < 1.29 is 24.1 Å². The lowest BCUT2D eigenvalue weighted by atomic mass is 9.80. The van der Waals surface area contributed by atoms with Gasteiger partial charge in [-0.2, -0.15) is 0 Å². The van der Waals surface area contributed by atoms with Crippen molar-refractivity contribution in [2.24, 2.45) is 5.73 Å². The second kappa shape index (κ2) is 10.8. The number of carbonyl (C=O) groups excluding carboxylic acids is 1. The fourth-order valence-electron chi connectivity index (χ4n) is 3.76. The molecule has 3 N–H and O–H groups in total. The molecule has 0 spiro atoms. The molecule has 168 valence electrons. The summed E-state index contributed by atoms with van der Waals surface area (Å²) in [5.74, 6) is 0.932. The highest BCUT2D eigenvalue weighted by Crippen LogP contribution is 2.41. The lowest BCUT2D eigenvalue weighted by Crippen LogP contribution is -2.34. The molecule has 0 radical (unpaired) electrons. The third kappa shape index (κ3) is 5.28. The van der Waals surface area contributed by atoms with E-state index in [4.69, 9.17) is 19.9 Å². The van der Waals surface area contributed by atoms with Gasteiger partial charge in [0.05, 0.1) is 33.4 Å². The molecule has 0 aromatic heterocycles. The third-order valence-corrected chi connectivity index (χ3v) is 5.38. The smallest absolute Gasteiger partial charge is 0.220 e. The summed E-state index contributed by atoms with van der Waals surface area (Å²) in [5, 5.41) is 10.2. The van der Waals surface area contributed by atoms with Gasteiger partial charge in [-0.05, 0) is 47.4 Å². The van der Waals surface area contributed by atoms with Gasteiger partial charge in [0.1, 0.15) is 17.1 Å². The molecule has 3 rings (SSSR count). The van der Waals surface area contributed by atoms with E-state index in [0.29, 0.717) is 0 Å². The predicted molar refractivity (Wildman–Crippen MR) is 123 cm³/mol. The van der Waals surface area contributed by atoms with Crippen LogP contribution in [0.3, 0.4) is 0 Å². The maximum atomic E-state index is 11.2. The molecule has 0 aliphatic carbocycles. The number of amides is 1. The summed E-state index contributed by atoms with van der Waals surface area (Å²) in [5.41, 5.74) is 7.00. The van der Waals surface area contributed by atoms with Crippen molar-refractivity contribution in [3.8, 4) is 11.5 Å². The van der Waals surface area contributed by atoms with Crippen LogP contribution in [0, 0.1) is 0 Å². The number of rotatable bonds is 11. The van der Waals surface area contributed by atoms with Crippen LogP contribution >= 0.6 is 0 Å². The number of hydrogen-bond acceptors (Lipinski definition) is 5. The van der Waals surface area contributed by atoms with Gasteiger partial charge >= 0.3 is 0 Å². The number of nitrogens with two attached hydrogens (primary N) is 1. The van der Waals surface area contributed by atoms with Gasteiger partial charge in [-0.3, -0.25) is 4.79 Å². The van der Waals surface area contributed by atoms with Crippen LogP contribution in [0.1, 0.15) is 29.5 Å². The number of methoxy groups -OCH3 is 2. The van der Waals surface area contributed by atoms with Gasteiger partial charge in [-0.15, -0.1) is 0 Å². The molecule has 6 nitrogen and oxygen atoms in total. The summed E-state index contributed by atoms with van der Waals surface area (Å²) in [6.07, 6.45) is -0.705. The van der Waals surface area contributed by atoms with Gasteiger partial charge in [0.25, 0.3) is 0 Å². The Balaban J connectivity index is 2.09. The van der Waals surface area contributed by atoms with Crippen LogP contribution in [0.2, 0.25) is 0 Å². The van der Waals surface area contributed by atoms with E-state index in [-0.39, 0.29) is 19.4 Å². The summed E-state index contributed by atoms with van der Waals surface area (Å²) in [6.45, 7) is 0.210. The maximum absolute atomic E-state index is 11.2. The third-order valence-electron chi connectivity index (χ3n) is 5.38. The molecule has 0 heterocycles. The Morgan fingerprint density at radius 3 is 1.75 bits per heavy atom. The SMILES string of the molecule is COc1ccc(C(OCCC(O)CC(N)=O)(c2ccccc2)c2ccc(OC)cc2)cc1. The standard InChI is InChI=1S/C26H29NO5/c1-30-23-12-8-20(9-13-23)26(19-6-4-3-5-7-19,21-10-14-24(31-2)15-11-21)32-17-16-22(28)18-25(27)29/h3-15,22,28H,16-18H2,1-2H3,(H2,27,29). The molecular weight excluding hydrogens is 406 g/mol. The van der Waals surface area contributed by atoms with Crippen molar-refractivity contribution >= 4 is 5.91 Å². The van der Waals surface area contributed by atoms with Crippen molar-refractivity contribution in [2.75, 3.05) is 20.8 Å². The normalized spacial score (nSPS) is 12.2. The zero-order valence-electron chi connectivity index (χ0n) is 18.4. The first-order chi connectivity index (χ1) is 15.5. The number of ether oxygens (including phenoxy) is 3. The Kier molecular flexibility index (Phi) is 7.87. The van der Waals surface area contributed by atoms with Gasteiger partial charge in [0, 0.05) is 0 Å². The lowest BCUT2D eigenvalue weighted by Gasteiger charge is -2.36. The highest BCUT2D eigenvalue weighted by Gasteiger charge is 2.37. The zero-order chi connectivity index (χ0) is 23.0. The molecule has 0 fully saturated rings. The fourth-order valence-corrected chi connectivity index (χ4v) is 3.76. The van der Waals surface area contributed by atoms with Gasteiger partial charge < -0.3 is 25.1 Å². The second-order valence-electron chi connectivity index (χ2n) is 7.47. The Hall–Kier alpha value is -3.35. The Bertz CT molecular complexity index is 939. The minimum atomic E-state index is -0.952. The number of aliphatic hydroxyl groups excluding tert-OH is 1. The number of carbonyl (C=O) groups is 1. The van der Waals surface area contributed by atoms with E-state index in [2.05, 4.69) is 0 Å². The first-order valence-corrected chi connectivity index (χ1v) is 10.4. The molecule has 1 unspecified atom stereocenters. The summed E-state index contributed by atoms with van der Waals surface area (Å²) >= 11 is 0. The fraction of sp³-hybridized carbons (Fsp3) is 0.269. The number of hydrogen-bond donors (Lipinski definition) is 2. The maximum Gasteiger partial charge on any atom is 0.220 e. The average molecular weight is 436 g/mol. The van der Waals surface area contributed by atoms with Crippen LogP contribution in [0.15, 0.2) is 78.9 Å². The molecule has 0 bridgehead atoms. The summed E-state index contributed by atoms with van der Waals surface area (Å²) in [7, 11) is 3.25. The highest BCUT2D eigenvalue weighted by atomic mass is 16.5. The molecule has 0 aliphatic heterocycles. The largest absolute Gasteiger partial charge is 0.497 e. The minimum Gasteiger partial charge on any atom is -0.497 e. The van der Waals surface area contributed by atoms with Gasteiger partial charge in [-0.25, -0.2) is 0 Å². The molecule has 0 aliphatic rings. The lowest BCUT2D eigenvalue weighted by molar-refractivity contribution is -0.120. The van der Waals surface area contributed by atoms with Gasteiger partial charge in [0.2, 0.25) is 5.91 Å². The molecule has 6 heteroatoms. The van der Waals surface area contributed by atoms with Crippen molar-refractivity contribution in [1.29, 1.82) is 0 Å². The number of aliphatic hydroxyl groups is 1. The van der Waals surface area contributed by atoms with E-state index in [1.54, 1.807) is 14.2 Å². The molecule has 1 amide bonds. The predicted octanol–water partition coefficient (Wildman–Crippen LogP) is 3.64. The Morgan fingerprint density at radius 1 is 0.844 bits per heavy atom. The van der Waals surface area contributed by atoms with Crippen LogP contribution in [-0.2, 0) is 15.1 Å². The molecule has 32 heavy (non-hydrogen) atoms. The van der Waals surface area contributed by atoms with Crippen LogP contribution in [0.5, 0.6) is 11.5 Å². The van der Waals surface area contributed by atoms with Crippen LogP contribution < -0.4 is 15.2 Å². The summed E-state index contributed by atoms with van der Waals surface area (Å²) in [4.78, 5) is 11.2. The minimum absolute atomic E-state index is 0.104. The van der Waals surface area contributed by atoms with E-state index in [1.165, 1.54) is 0 Å². The average Bonchev–Trinajstić information content (AvgIpc) is 2.82. The molecule has 3 aromatic rings. The Morgan fingerprint density at radius 2 is 1.31 bits per heavy atom. The molecule has 0 saturated carbocycles. The quantitative estimate of drug-likeness (QED) is 0.449. The van der Waals surface area contributed by atoms with Crippen molar-refractivity contribution in [1.82, 2.24) is 0 Å². The van der Waals surface area contributed by atoms with Crippen molar-refractivity contribution in [2.45, 2.75) is 24.5 Å². The van der Waals surface area contributed by atoms with Crippen LogP contribution in [0.4, 0.5) is 0 Å². The van der Waals surface area contributed by atoms with Gasteiger partial charge in [0.15, 0.2) is 0 Å². The highest BCUT2D eigenvalue weighted by molar-refractivity contribution is 5.74. The number of primary amides is 1. The van der Waals surface area contributed by atoms with Crippen molar-refractivity contribution in [3.05, 3.63) is 95.6 Å². The number of benzene rings is 3. The van der Waals surface area contributed by atoms with E-state index in [1.807, 2.05) is 78.9 Å². The Labute approximate surface area is 188 Å². The van der Waals surface area contributed by atoms with Gasteiger partial charge in [-0.1, -0.05) is 54.6 Å². The molecular formula is C26H29NO5. The van der Waals surface area contributed by atoms with E-state index < -0.39 is 17.6 Å². The summed E-state index contributed by atoms with van der Waals surface area (Å²) in [6, 6.07) is 25.3. The second-order valence-corrected chi connectivity index (χ2v) is 7.47.